The number of hydrogen-bond acceptors (Lipinski definition) is 6. The molecule has 0 saturated heterocycles. The van der Waals surface area contributed by atoms with Crippen molar-refractivity contribution in [3.05, 3.63) is 39.9 Å². The fourth-order valence-corrected chi connectivity index (χ4v) is 1.60. The third-order valence-electron chi connectivity index (χ3n) is 2.80. The second-order valence-corrected chi connectivity index (χ2v) is 4.42. The lowest BCUT2D eigenvalue weighted by Gasteiger charge is -2.11. The quantitative estimate of drug-likeness (QED) is 0.318. The Morgan fingerprint density at radius 3 is 2.50 bits per heavy atom. The molecule has 1 rings (SSSR count). The number of nitrogens with zero attached hydrogens (tertiary/aromatic N) is 1. The number of unbranched alkanes of at least 4 members (excludes halogenated alkanes) is 1. The van der Waals surface area contributed by atoms with E-state index < -0.39 is 16.9 Å². The van der Waals surface area contributed by atoms with E-state index in [4.69, 9.17) is 16.2 Å². The molecule has 0 aromatic heterocycles. The molecular weight excluding hydrogens is 262 g/mol. The minimum atomic E-state index is -0.653. The summed E-state index contributed by atoms with van der Waals surface area (Å²) in [5.41, 5.74) is 11.7. The Bertz CT molecular complexity index is 447. The van der Waals surface area contributed by atoms with Crippen LogP contribution >= 0.6 is 0 Å². The smallest absolute Gasteiger partial charge is 0.323 e. The second-order valence-electron chi connectivity index (χ2n) is 4.42. The molecule has 0 saturated carbocycles. The van der Waals surface area contributed by atoms with Crippen molar-refractivity contribution in [2.75, 3.05) is 6.54 Å². The third-order valence-corrected chi connectivity index (χ3v) is 2.80. The normalized spacial score (nSPS) is 11.9. The van der Waals surface area contributed by atoms with Crippen LogP contribution in [0.4, 0.5) is 5.69 Å². The largest absolute Gasteiger partial charge is 0.460 e. The number of nitro benzene ring substituents is 1. The lowest BCUT2D eigenvalue weighted by atomic mass is 10.1. The zero-order chi connectivity index (χ0) is 15.0. The molecule has 0 aliphatic carbocycles. The first-order valence-corrected chi connectivity index (χ1v) is 6.40. The number of hydrogen-bond donors (Lipinski definition) is 2. The number of benzene rings is 1. The lowest BCUT2D eigenvalue weighted by Crippen LogP contribution is -2.32. The third kappa shape index (κ3) is 5.33. The van der Waals surface area contributed by atoms with E-state index in [9.17, 15) is 14.9 Å². The molecule has 0 fully saturated rings. The molecule has 20 heavy (non-hydrogen) atoms. The van der Waals surface area contributed by atoms with Crippen LogP contribution in [0.2, 0.25) is 0 Å². The SMILES string of the molecule is NCCCC[C@H](N)C(=O)OCc1ccc([N+](=O)[O-])cc1. The molecule has 0 aliphatic rings. The summed E-state index contributed by atoms with van der Waals surface area (Å²) in [6.45, 7) is 0.631. The van der Waals surface area contributed by atoms with Crippen LogP contribution < -0.4 is 11.5 Å². The Hall–Kier alpha value is -1.99. The maximum absolute atomic E-state index is 11.6. The summed E-state index contributed by atoms with van der Waals surface area (Å²) in [5.74, 6) is -0.472. The summed E-state index contributed by atoms with van der Waals surface area (Å²) < 4.78 is 5.06. The fourth-order valence-electron chi connectivity index (χ4n) is 1.60. The molecule has 0 spiro atoms. The van der Waals surface area contributed by atoms with Crippen LogP contribution in [0.5, 0.6) is 0 Å². The van der Waals surface area contributed by atoms with Gasteiger partial charge < -0.3 is 16.2 Å². The highest BCUT2D eigenvalue weighted by Gasteiger charge is 2.14. The minimum absolute atomic E-state index is 0.00133. The molecule has 0 unspecified atom stereocenters. The predicted octanol–water partition coefficient (Wildman–Crippen LogP) is 1.09. The molecule has 0 aliphatic heterocycles. The zero-order valence-corrected chi connectivity index (χ0v) is 11.2. The topological polar surface area (TPSA) is 121 Å². The number of carbonyl (C=O) groups is 1. The summed E-state index contributed by atoms with van der Waals surface area (Å²) in [5, 5.41) is 10.5. The first-order valence-electron chi connectivity index (χ1n) is 6.40. The van der Waals surface area contributed by atoms with E-state index >= 15 is 0 Å². The summed E-state index contributed by atoms with van der Waals surface area (Å²) in [6.07, 6.45) is 2.14. The highest BCUT2D eigenvalue weighted by molar-refractivity contribution is 5.75. The van der Waals surface area contributed by atoms with Crippen molar-refractivity contribution in [3.63, 3.8) is 0 Å². The van der Waals surface area contributed by atoms with Crippen molar-refractivity contribution in [2.24, 2.45) is 11.5 Å². The first kappa shape index (κ1) is 16.1. The Balaban J connectivity index is 2.38. The Labute approximate surface area is 117 Å². The molecule has 0 amide bonds. The average Bonchev–Trinajstić information content (AvgIpc) is 2.45. The van der Waals surface area contributed by atoms with Crippen molar-refractivity contribution >= 4 is 11.7 Å². The monoisotopic (exact) mass is 281 g/mol. The predicted molar refractivity (Wildman–Crippen MR) is 73.8 cm³/mol. The van der Waals surface area contributed by atoms with Gasteiger partial charge in [0.25, 0.3) is 5.69 Å². The highest BCUT2D eigenvalue weighted by Crippen LogP contribution is 2.13. The molecule has 1 aromatic carbocycles. The number of nitro groups is 1. The van der Waals surface area contributed by atoms with Crippen LogP contribution in [0.25, 0.3) is 0 Å². The van der Waals surface area contributed by atoms with Crippen LogP contribution in [0, 0.1) is 10.1 Å². The van der Waals surface area contributed by atoms with E-state index in [0.717, 1.165) is 12.8 Å². The lowest BCUT2D eigenvalue weighted by molar-refractivity contribution is -0.384. The Kier molecular flexibility index (Phi) is 6.61. The molecule has 110 valence electrons. The number of esters is 1. The standard InChI is InChI=1S/C13H19N3O4/c14-8-2-1-3-12(15)13(17)20-9-10-4-6-11(7-5-10)16(18)19/h4-7,12H,1-3,8-9,14-15H2/t12-/m0/s1. The van der Waals surface area contributed by atoms with E-state index in [1.807, 2.05) is 0 Å². The van der Waals surface area contributed by atoms with Gasteiger partial charge in [-0.2, -0.15) is 0 Å². The number of carbonyl (C=O) groups excluding carboxylic acids is 1. The maximum atomic E-state index is 11.6. The summed E-state index contributed by atoms with van der Waals surface area (Å²) in [6, 6.07) is 5.17. The van der Waals surface area contributed by atoms with Crippen molar-refractivity contribution in [1.29, 1.82) is 0 Å². The van der Waals surface area contributed by atoms with E-state index in [1.165, 1.54) is 12.1 Å². The molecule has 1 atom stereocenters. The molecular formula is C13H19N3O4. The second kappa shape index (κ2) is 8.23. The van der Waals surface area contributed by atoms with Gasteiger partial charge in [0.15, 0.2) is 0 Å². The summed E-state index contributed by atoms with van der Waals surface area (Å²) in [7, 11) is 0. The van der Waals surface area contributed by atoms with Crippen LogP contribution in [0.1, 0.15) is 24.8 Å². The average molecular weight is 281 g/mol. The van der Waals surface area contributed by atoms with E-state index in [0.29, 0.717) is 18.5 Å². The van der Waals surface area contributed by atoms with E-state index in [2.05, 4.69) is 0 Å². The first-order chi connectivity index (χ1) is 9.54. The van der Waals surface area contributed by atoms with Gasteiger partial charge >= 0.3 is 5.97 Å². The van der Waals surface area contributed by atoms with Gasteiger partial charge in [-0.05, 0) is 37.1 Å². The van der Waals surface area contributed by atoms with Gasteiger partial charge in [-0.25, -0.2) is 0 Å². The van der Waals surface area contributed by atoms with E-state index in [1.54, 1.807) is 12.1 Å². The van der Waals surface area contributed by atoms with Crippen LogP contribution in [-0.4, -0.2) is 23.5 Å². The van der Waals surface area contributed by atoms with Gasteiger partial charge in [-0.15, -0.1) is 0 Å². The van der Waals surface area contributed by atoms with Gasteiger partial charge in [0.2, 0.25) is 0 Å². The van der Waals surface area contributed by atoms with Crippen molar-refractivity contribution < 1.29 is 14.5 Å². The van der Waals surface area contributed by atoms with E-state index in [-0.39, 0.29) is 12.3 Å². The summed E-state index contributed by atoms with van der Waals surface area (Å²) in [4.78, 5) is 21.6. The number of ether oxygens (including phenoxy) is 1. The molecule has 0 heterocycles. The minimum Gasteiger partial charge on any atom is -0.460 e. The number of rotatable bonds is 8. The van der Waals surface area contributed by atoms with Crippen molar-refractivity contribution in [1.82, 2.24) is 0 Å². The molecule has 0 bridgehead atoms. The molecule has 7 nitrogen and oxygen atoms in total. The Morgan fingerprint density at radius 2 is 1.95 bits per heavy atom. The van der Waals surface area contributed by atoms with Crippen LogP contribution in [0.3, 0.4) is 0 Å². The van der Waals surface area contributed by atoms with Crippen molar-refractivity contribution in [3.8, 4) is 0 Å². The fraction of sp³-hybridized carbons (Fsp3) is 0.462. The van der Waals surface area contributed by atoms with Crippen LogP contribution in [0.15, 0.2) is 24.3 Å². The van der Waals surface area contributed by atoms with Crippen LogP contribution in [-0.2, 0) is 16.1 Å². The molecule has 0 radical (unpaired) electrons. The van der Waals surface area contributed by atoms with Gasteiger partial charge in [0.05, 0.1) is 4.92 Å². The van der Waals surface area contributed by atoms with Gasteiger partial charge in [0, 0.05) is 12.1 Å². The maximum Gasteiger partial charge on any atom is 0.323 e. The highest BCUT2D eigenvalue weighted by atomic mass is 16.6. The van der Waals surface area contributed by atoms with Gasteiger partial charge in [0.1, 0.15) is 12.6 Å². The van der Waals surface area contributed by atoms with Gasteiger partial charge in [-0.3, -0.25) is 14.9 Å². The zero-order valence-electron chi connectivity index (χ0n) is 11.2. The molecule has 4 N–H and O–H groups in total. The summed E-state index contributed by atoms with van der Waals surface area (Å²) >= 11 is 0. The number of non-ortho nitro benzene ring substituents is 1. The number of nitrogens with two attached hydrogens (primary N) is 2. The Morgan fingerprint density at radius 1 is 1.30 bits per heavy atom. The molecule has 1 aromatic rings. The molecule has 7 heteroatoms. The van der Waals surface area contributed by atoms with Gasteiger partial charge in [-0.1, -0.05) is 6.42 Å². The van der Waals surface area contributed by atoms with Crippen molar-refractivity contribution in [2.45, 2.75) is 31.9 Å².